The number of hydrogen-bond donors (Lipinski definition) is 1. The minimum Gasteiger partial charge on any atom is -0.438 e. The monoisotopic (exact) mass is 373 g/mol. The molecular weight excluding hydrogens is 365 g/mol. The quantitative estimate of drug-likeness (QED) is 0.819. The molecule has 4 nitrogen and oxygen atoms in total. The van der Waals surface area contributed by atoms with Crippen molar-refractivity contribution in [1.82, 2.24) is 0 Å². The minimum atomic E-state index is -0.652. The van der Waals surface area contributed by atoms with E-state index in [9.17, 15) is 10.5 Å². The molecule has 0 aliphatic carbocycles. The van der Waals surface area contributed by atoms with Crippen LogP contribution >= 0.6 is 34.5 Å². The van der Waals surface area contributed by atoms with Crippen molar-refractivity contribution in [3.8, 4) is 12.1 Å². The van der Waals surface area contributed by atoms with E-state index in [1.807, 2.05) is 23.6 Å². The van der Waals surface area contributed by atoms with Crippen LogP contribution in [0.15, 0.2) is 52.7 Å². The number of nitriles is 2. The molecule has 2 aromatic rings. The number of rotatable bonds is 2. The third-order valence-electron chi connectivity index (χ3n) is 3.56. The second-order valence-corrected chi connectivity index (χ2v) is 6.69. The Balaban J connectivity index is 2.24. The summed E-state index contributed by atoms with van der Waals surface area (Å²) < 4.78 is 5.59. The zero-order valence-corrected chi connectivity index (χ0v) is 14.4. The predicted molar refractivity (Wildman–Crippen MR) is 94.0 cm³/mol. The maximum atomic E-state index is 9.70. The normalized spacial score (nSPS) is 17.2. The number of nitrogens with zero attached hydrogens (tertiary/aromatic N) is 2. The number of halogens is 2. The van der Waals surface area contributed by atoms with E-state index < -0.39 is 5.92 Å². The van der Waals surface area contributed by atoms with Gasteiger partial charge in [0.25, 0.3) is 0 Å². The van der Waals surface area contributed by atoms with Crippen LogP contribution in [0.4, 0.5) is 0 Å². The van der Waals surface area contributed by atoms with Gasteiger partial charge in [0.05, 0.1) is 32.5 Å². The lowest BCUT2D eigenvalue weighted by atomic mass is 9.83. The fourth-order valence-electron chi connectivity index (χ4n) is 2.49. The summed E-state index contributed by atoms with van der Waals surface area (Å²) in [7, 11) is 0. The Labute approximate surface area is 152 Å². The summed E-state index contributed by atoms with van der Waals surface area (Å²) in [6.07, 6.45) is 0. The van der Waals surface area contributed by atoms with Gasteiger partial charge in [-0.2, -0.15) is 10.5 Å². The Morgan fingerprint density at radius 2 is 1.83 bits per heavy atom. The Morgan fingerprint density at radius 3 is 2.42 bits per heavy atom. The summed E-state index contributed by atoms with van der Waals surface area (Å²) in [6, 6.07) is 12.8. The molecule has 1 aliphatic rings. The van der Waals surface area contributed by atoms with Crippen molar-refractivity contribution in [3.63, 3.8) is 0 Å². The van der Waals surface area contributed by atoms with E-state index >= 15 is 0 Å². The molecule has 0 spiro atoms. The zero-order chi connectivity index (χ0) is 17.3. The van der Waals surface area contributed by atoms with Gasteiger partial charge in [-0.3, -0.25) is 0 Å². The number of allylic oxidation sites excluding steroid dienone is 2. The van der Waals surface area contributed by atoms with Crippen molar-refractivity contribution < 1.29 is 4.74 Å². The van der Waals surface area contributed by atoms with Gasteiger partial charge in [-0.05, 0) is 29.1 Å². The lowest BCUT2D eigenvalue weighted by Gasteiger charge is -2.25. The standard InChI is InChI=1S/C17H9Cl2N3OS/c18-12-4-3-9(6-13(12)19)15-10(7-20)16(14-2-1-5-24-14)23-17(22)11(15)8-21/h1-6,15H,22H2/t15-/m0/s1. The van der Waals surface area contributed by atoms with Crippen molar-refractivity contribution in [2.45, 2.75) is 5.92 Å². The molecule has 0 unspecified atom stereocenters. The Bertz CT molecular complexity index is 949. The van der Waals surface area contributed by atoms with Crippen molar-refractivity contribution in [2.24, 2.45) is 5.73 Å². The van der Waals surface area contributed by atoms with Gasteiger partial charge in [0.15, 0.2) is 5.76 Å². The van der Waals surface area contributed by atoms with Crippen LogP contribution in [0.5, 0.6) is 0 Å². The Hall–Kier alpha value is -2.44. The summed E-state index contributed by atoms with van der Waals surface area (Å²) in [6.45, 7) is 0. The van der Waals surface area contributed by atoms with Crippen LogP contribution in [0.3, 0.4) is 0 Å². The first-order valence-electron chi connectivity index (χ1n) is 6.77. The van der Waals surface area contributed by atoms with Crippen molar-refractivity contribution in [1.29, 1.82) is 10.5 Å². The fourth-order valence-corrected chi connectivity index (χ4v) is 3.51. The molecule has 0 saturated heterocycles. The molecule has 3 rings (SSSR count). The zero-order valence-electron chi connectivity index (χ0n) is 12.1. The molecule has 1 aromatic heterocycles. The molecule has 2 N–H and O–H groups in total. The first-order chi connectivity index (χ1) is 11.6. The van der Waals surface area contributed by atoms with Gasteiger partial charge in [0.2, 0.25) is 5.88 Å². The number of ether oxygens (including phenoxy) is 1. The van der Waals surface area contributed by atoms with Gasteiger partial charge < -0.3 is 10.5 Å². The summed E-state index contributed by atoms with van der Waals surface area (Å²) in [5.41, 5.74) is 7.06. The third-order valence-corrected chi connectivity index (χ3v) is 5.17. The smallest absolute Gasteiger partial charge is 0.205 e. The fraction of sp³-hybridized carbons (Fsp3) is 0.0588. The third kappa shape index (κ3) is 2.74. The number of benzene rings is 1. The van der Waals surface area contributed by atoms with Gasteiger partial charge in [0.1, 0.15) is 11.6 Å². The highest BCUT2D eigenvalue weighted by molar-refractivity contribution is 7.11. The van der Waals surface area contributed by atoms with Crippen molar-refractivity contribution >= 4 is 40.3 Å². The van der Waals surface area contributed by atoms with E-state index in [-0.39, 0.29) is 11.5 Å². The second-order valence-electron chi connectivity index (χ2n) is 4.93. The second kappa shape index (κ2) is 6.59. The lowest BCUT2D eigenvalue weighted by Crippen LogP contribution is -2.19. The summed E-state index contributed by atoms with van der Waals surface area (Å²) >= 11 is 13.5. The molecule has 7 heteroatoms. The predicted octanol–water partition coefficient (Wildman–Crippen LogP) is 4.80. The Morgan fingerprint density at radius 1 is 1.08 bits per heavy atom. The molecule has 2 heterocycles. The van der Waals surface area contributed by atoms with Crippen molar-refractivity contribution in [2.75, 3.05) is 0 Å². The molecule has 0 radical (unpaired) electrons. The average molecular weight is 374 g/mol. The van der Waals surface area contributed by atoms with Gasteiger partial charge in [-0.1, -0.05) is 35.3 Å². The van der Waals surface area contributed by atoms with E-state index in [1.165, 1.54) is 11.3 Å². The van der Waals surface area contributed by atoms with Crippen LogP contribution < -0.4 is 5.73 Å². The van der Waals surface area contributed by atoms with Crippen LogP contribution in [-0.2, 0) is 4.74 Å². The van der Waals surface area contributed by atoms with E-state index in [4.69, 9.17) is 33.7 Å². The first kappa shape index (κ1) is 16.4. The Kier molecular flexibility index (Phi) is 4.51. The molecule has 118 valence electrons. The van der Waals surface area contributed by atoms with E-state index in [0.29, 0.717) is 26.9 Å². The first-order valence-corrected chi connectivity index (χ1v) is 8.41. The number of thiophene rings is 1. The molecule has 0 fully saturated rings. The molecule has 0 saturated carbocycles. The van der Waals surface area contributed by atoms with Crippen LogP contribution in [0.1, 0.15) is 16.4 Å². The minimum absolute atomic E-state index is 0.0176. The molecule has 0 bridgehead atoms. The van der Waals surface area contributed by atoms with Crippen LogP contribution in [-0.4, -0.2) is 0 Å². The van der Waals surface area contributed by atoms with Gasteiger partial charge in [-0.15, -0.1) is 11.3 Å². The van der Waals surface area contributed by atoms with Crippen LogP contribution in [0.2, 0.25) is 10.0 Å². The van der Waals surface area contributed by atoms with E-state index in [0.717, 1.165) is 4.88 Å². The molecule has 1 aromatic carbocycles. The molecule has 24 heavy (non-hydrogen) atoms. The largest absolute Gasteiger partial charge is 0.438 e. The molecular formula is C17H9Cl2N3OS. The summed E-state index contributed by atoms with van der Waals surface area (Å²) in [5, 5.41) is 21.8. The van der Waals surface area contributed by atoms with Crippen LogP contribution in [0.25, 0.3) is 5.76 Å². The molecule has 0 amide bonds. The lowest BCUT2D eigenvalue weighted by molar-refractivity contribution is 0.358. The van der Waals surface area contributed by atoms with Gasteiger partial charge in [-0.25, -0.2) is 0 Å². The molecule has 1 atom stereocenters. The number of hydrogen-bond acceptors (Lipinski definition) is 5. The highest BCUT2D eigenvalue weighted by Crippen LogP contribution is 2.43. The van der Waals surface area contributed by atoms with E-state index in [1.54, 1.807) is 18.2 Å². The maximum absolute atomic E-state index is 9.70. The number of nitrogens with two attached hydrogens (primary N) is 1. The van der Waals surface area contributed by atoms with Crippen molar-refractivity contribution in [3.05, 3.63) is 73.2 Å². The highest BCUT2D eigenvalue weighted by Gasteiger charge is 2.34. The van der Waals surface area contributed by atoms with E-state index in [2.05, 4.69) is 6.07 Å². The summed E-state index contributed by atoms with van der Waals surface area (Å²) in [4.78, 5) is 0.761. The summed E-state index contributed by atoms with van der Waals surface area (Å²) in [5.74, 6) is -0.309. The van der Waals surface area contributed by atoms with Gasteiger partial charge in [0, 0.05) is 0 Å². The maximum Gasteiger partial charge on any atom is 0.205 e. The average Bonchev–Trinajstić information content (AvgIpc) is 3.10. The molecule has 1 aliphatic heterocycles. The topological polar surface area (TPSA) is 82.8 Å². The van der Waals surface area contributed by atoms with Crippen LogP contribution in [0, 0.1) is 22.7 Å². The highest BCUT2D eigenvalue weighted by atomic mass is 35.5. The van der Waals surface area contributed by atoms with Gasteiger partial charge >= 0.3 is 0 Å². The SMILES string of the molecule is N#CC1=C(N)OC(c2cccs2)=C(C#N)[C@@H]1c1ccc(Cl)c(Cl)c1.